The van der Waals surface area contributed by atoms with Crippen LogP contribution in [0.2, 0.25) is 0 Å². The molecule has 0 bridgehead atoms. The molecule has 20 nitrogen and oxygen atoms in total. The average Bonchev–Trinajstić information content (AvgIpc) is 3.58. The molecule has 2 aromatic carbocycles. The SMILES string of the molecule is CSCCC(NC(=O)NC(Cc1cccc(O)c1)C(=O)O)C(=O)NC(C(=O)N/C=C1\CC(O)C(N2CCC(=O)NC2=O)O1)C(C)N(C)C(=O)C1Cc2cc(O)ccc2C(C)N1. The van der Waals surface area contributed by atoms with Gasteiger partial charge in [0.1, 0.15) is 41.5 Å². The number of urea groups is 2. The molecule has 8 atom stereocenters. The van der Waals surface area contributed by atoms with Crippen molar-refractivity contribution in [3.8, 4) is 11.5 Å². The summed E-state index contributed by atoms with van der Waals surface area (Å²) in [6, 6.07) is 2.81. The number of fused-ring (bicyclic) bond motifs is 1. The summed E-state index contributed by atoms with van der Waals surface area (Å²) in [5.74, 6) is -3.50. The maximum absolute atomic E-state index is 14.1. The summed E-state index contributed by atoms with van der Waals surface area (Å²) in [5.41, 5.74) is 2.11. The molecular weight excluding hydrogens is 817 g/mol. The summed E-state index contributed by atoms with van der Waals surface area (Å²) < 4.78 is 5.78. The number of rotatable bonds is 16. The second-order valence-electron chi connectivity index (χ2n) is 15.1. The highest BCUT2D eigenvalue weighted by atomic mass is 32.2. The second-order valence-corrected chi connectivity index (χ2v) is 16.1. The first-order chi connectivity index (χ1) is 28.9. The van der Waals surface area contributed by atoms with Crippen molar-refractivity contribution in [2.75, 3.05) is 25.6 Å². The fraction of sp³-hybridized carbons (Fsp3) is 0.475. The molecule has 0 aromatic heterocycles. The molecule has 10 N–H and O–H groups in total. The number of ether oxygens (including phenoxy) is 1. The van der Waals surface area contributed by atoms with Crippen LogP contribution in [0.25, 0.3) is 0 Å². The lowest BCUT2D eigenvalue weighted by atomic mass is 9.90. The number of nitrogens with one attached hydrogen (secondary N) is 6. The van der Waals surface area contributed by atoms with Gasteiger partial charge in [0.2, 0.25) is 29.9 Å². The maximum Gasteiger partial charge on any atom is 0.327 e. The lowest BCUT2D eigenvalue weighted by molar-refractivity contribution is -0.139. The number of amides is 8. The van der Waals surface area contributed by atoms with Crippen LogP contribution >= 0.6 is 11.8 Å². The van der Waals surface area contributed by atoms with E-state index < -0.39 is 84.2 Å². The van der Waals surface area contributed by atoms with Crippen molar-refractivity contribution >= 4 is 53.4 Å². The largest absolute Gasteiger partial charge is 0.508 e. The van der Waals surface area contributed by atoms with Gasteiger partial charge in [0.25, 0.3) is 0 Å². The third kappa shape index (κ3) is 11.8. The van der Waals surface area contributed by atoms with Crippen LogP contribution in [0.3, 0.4) is 0 Å². The minimum absolute atomic E-state index is 0.00228. The van der Waals surface area contributed by atoms with Gasteiger partial charge < -0.3 is 51.3 Å². The van der Waals surface area contributed by atoms with Crippen molar-refractivity contribution < 1.29 is 58.7 Å². The third-order valence-electron chi connectivity index (χ3n) is 10.8. The summed E-state index contributed by atoms with van der Waals surface area (Å²) in [5, 5.41) is 56.1. The van der Waals surface area contributed by atoms with E-state index in [0.717, 1.165) is 22.2 Å². The van der Waals surface area contributed by atoms with E-state index >= 15 is 0 Å². The fourth-order valence-corrected chi connectivity index (χ4v) is 7.82. The van der Waals surface area contributed by atoms with Crippen LogP contribution in [0.1, 0.15) is 55.8 Å². The monoisotopic (exact) mass is 868 g/mol. The molecule has 0 saturated carbocycles. The van der Waals surface area contributed by atoms with Gasteiger partial charge in [-0.2, -0.15) is 11.8 Å². The molecule has 5 rings (SSSR count). The summed E-state index contributed by atoms with van der Waals surface area (Å²) in [4.78, 5) is 94.1. The van der Waals surface area contributed by atoms with E-state index in [0.29, 0.717) is 11.3 Å². The standard InChI is InChI=1S/C40H52N8O12S/c1-20-27-9-8-25(50)16-23(27)17-29(42-20)36(55)47(3)21(2)33(35(54)41-19-26-18-31(51)37(60-26)48-12-10-32(52)45-40(48)59)46-34(53)28(11-13-61-4)43-39(58)44-30(38(56)57)15-22-6-5-7-24(49)14-22/h5-9,14,16,19-21,28-31,33,37,42,49-51H,10-13,15,17-18H2,1-4H3,(H,41,54)(H,46,53)(H,56,57)(H2,43,44,58)(H,45,52,59)/b26-19+. The second kappa shape index (κ2) is 20.5. The molecule has 3 aliphatic heterocycles. The molecule has 2 aromatic rings. The lowest BCUT2D eigenvalue weighted by Crippen LogP contribution is -2.62. The smallest absolute Gasteiger partial charge is 0.327 e. The van der Waals surface area contributed by atoms with Gasteiger partial charge >= 0.3 is 18.0 Å². The van der Waals surface area contributed by atoms with Gasteiger partial charge in [-0.05, 0) is 79.7 Å². The Morgan fingerprint density at radius 3 is 2.43 bits per heavy atom. The minimum atomic E-state index is -1.48. The number of aliphatic carboxylic acids is 1. The molecule has 61 heavy (non-hydrogen) atoms. The Kier molecular flexibility index (Phi) is 15.4. The number of carbonyl (C=O) groups excluding carboxylic acids is 6. The predicted octanol–water partition coefficient (Wildman–Crippen LogP) is 0.128. The van der Waals surface area contributed by atoms with Gasteiger partial charge in [-0.25, -0.2) is 14.4 Å². The van der Waals surface area contributed by atoms with E-state index in [9.17, 15) is 54.0 Å². The molecule has 3 aliphatic rings. The number of imide groups is 1. The zero-order valence-corrected chi connectivity index (χ0v) is 34.9. The van der Waals surface area contributed by atoms with Gasteiger partial charge in [-0.15, -0.1) is 0 Å². The number of likely N-dealkylation sites (N-methyl/N-ethyl adjacent to an activating group) is 1. The molecule has 0 radical (unpaired) electrons. The van der Waals surface area contributed by atoms with Crippen LogP contribution < -0.4 is 31.9 Å². The molecule has 8 unspecified atom stereocenters. The van der Waals surface area contributed by atoms with E-state index in [2.05, 4.69) is 31.9 Å². The number of carboxylic acids is 1. The highest BCUT2D eigenvalue weighted by Crippen LogP contribution is 2.30. The number of aromatic hydroxyl groups is 2. The number of hydrogen-bond acceptors (Lipinski definition) is 13. The number of nitrogens with zero attached hydrogens (tertiary/aromatic N) is 2. The normalized spacial score (nSPS) is 22.4. The predicted molar refractivity (Wildman–Crippen MR) is 220 cm³/mol. The Balaban J connectivity index is 1.34. The highest BCUT2D eigenvalue weighted by Gasteiger charge is 2.41. The average molecular weight is 869 g/mol. The number of aliphatic hydroxyl groups excluding tert-OH is 1. The van der Waals surface area contributed by atoms with Crippen LogP contribution in [0.5, 0.6) is 11.5 Å². The number of carboxylic acid groups (broad SMARTS) is 1. The van der Waals surface area contributed by atoms with E-state index in [1.807, 2.05) is 6.92 Å². The van der Waals surface area contributed by atoms with E-state index in [-0.39, 0.29) is 61.9 Å². The molecule has 8 amide bonds. The van der Waals surface area contributed by atoms with Crippen LogP contribution in [-0.2, 0) is 41.6 Å². The zero-order valence-electron chi connectivity index (χ0n) is 34.0. The van der Waals surface area contributed by atoms with Crippen molar-refractivity contribution in [3.05, 3.63) is 71.1 Å². The molecule has 2 fully saturated rings. The van der Waals surface area contributed by atoms with Crippen molar-refractivity contribution in [1.29, 1.82) is 0 Å². The van der Waals surface area contributed by atoms with E-state index in [4.69, 9.17) is 4.74 Å². The van der Waals surface area contributed by atoms with Crippen molar-refractivity contribution in [2.45, 2.75) is 94.5 Å². The van der Waals surface area contributed by atoms with Crippen molar-refractivity contribution in [1.82, 2.24) is 41.7 Å². The Labute approximate surface area is 355 Å². The Morgan fingerprint density at radius 2 is 1.74 bits per heavy atom. The molecular formula is C40H52N8O12S. The van der Waals surface area contributed by atoms with Crippen molar-refractivity contribution in [2.24, 2.45) is 0 Å². The molecule has 21 heteroatoms. The van der Waals surface area contributed by atoms with Gasteiger partial charge in [-0.1, -0.05) is 18.2 Å². The number of hydrogen-bond donors (Lipinski definition) is 10. The summed E-state index contributed by atoms with van der Waals surface area (Å²) in [6.45, 7) is 3.41. The van der Waals surface area contributed by atoms with Gasteiger partial charge in [0.15, 0.2) is 0 Å². The number of phenols is 2. The Bertz CT molecular complexity index is 2040. The van der Waals surface area contributed by atoms with Crippen LogP contribution in [0.4, 0.5) is 9.59 Å². The lowest BCUT2D eigenvalue weighted by Gasteiger charge is -2.37. The first-order valence-corrected chi connectivity index (χ1v) is 21.0. The summed E-state index contributed by atoms with van der Waals surface area (Å²) >= 11 is 1.37. The van der Waals surface area contributed by atoms with Crippen LogP contribution in [0, 0.1) is 0 Å². The molecule has 0 spiro atoms. The molecule has 0 aliphatic carbocycles. The number of benzene rings is 2. The van der Waals surface area contributed by atoms with Gasteiger partial charge in [0, 0.05) is 45.1 Å². The zero-order chi connectivity index (χ0) is 44.5. The fourth-order valence-electron chi connectivity index (χ4n) is 7.35. The van der Waals surface area contributed by atoms with Crippen LogP contribution in [0.15, 0.2) is 54.4 Å². The number of phenolic OH excluding ortho intramolecular Hbond substituents is 2. The maximum atomic E-state index is 14.1. The highest BCUT2D eigenvalue weighted by molar-refractivity contribution is 7.98. The first-order valence-electron chi connectivity index (χ1n) is 19.6. The number of thioether (sulfide) groups is 1. The van der Waals surface area contributed by atoms with Crippen molar-refractivity contribution in [3.63, 3.8) is 0 Å². The Morgan fingerprint density at radius 1 is 1.02 bits per heavy atom. The molecule has 2 saturated heterocycles. The first kappa shape index (κ1) is 46.0. The minimum Gasteiger partial charge on any atom is -0.508 e. The van der Waals surface area contributed by atoms with Gasteiger partial charge in [-0.3, -0.25) is 34.7 Å². The third-order valence-corrected chi connectivity index (χ3v) is 11.4. The molecule has 330 valence electrons. The van der Waals surface area contributed by atoms with Crippen LogP contribution in [-0.4, -0.2) is 140 Å². The van der Waals surface area contributed by atoms with E-state index in [1.54, 1.807) is 37.4 Å². The Hall–Kier alpha value is -6.06. The summed E-state index contributed by atoms with van der Waals surface area (Å²) in [7, 11) is 1.47. The van der Waals surface area contributed by atoms with E-state index in [1.165, 1.54) is 41.9 Å². The summed E-state index contributed by atoms with van der Waals surface area (Å²) in [6.07, 6.45) is 0.576. The number of aliphatic hydroxyl groups is 1. The molecule has 3 heterocycles. The number of carbonyl (C=O) groups is 7. The van der Waals surface area contributed by atoms with Gasteiger partial charge in [0.05, 0.1) is 12.1 Å². The topological polar surface area (TPSA) is 288 Å². The quantitative estimate of drug-likeness (QED) is 0.107.